The Morgan fingerprint density at radius 2 is 0.796 bits per heavy atom. The highest BCUT2D eigenvalue weighted by molar-refractivity contribution is 6.09. The fourth-order valence-electron chi connectivity index (χ4n) is 6.85. The number of para-hydroxylation sites is 4. The fraction of sp³-hybridized carbons (Fsp3) is 0. The normalized spacial score (nSPS) is 11.7. The number of imidazole rings is 2. The van der Waals surface area contributed by atoms with Gasteiger partial charge in [-0.2, -0.15) is 0 Å². The van der Waals surface area contributed by atoms with Gasteiger partial charge in [0.25, 0.3) is 0 Å². The van der Waals surface area contributed by atoms with Gasteiger partial charge in [-0.1, -0.05) is 72.8 Å². The third-order valence-electron chi connectivity index (χ3n) is 8.89. The number of benzene rings is 5. The maximum Gasteiger partial charge on any atom is 0.198 e. The molecule has 0 unspecified atom stereocenters. The molecule has 0 saturated heterocycles. The van der Waals surface area contributed by atoms with E-state index in [0.29, 0.717) is 22.6 Å². The van der Waals surface area contributed by atoms with Crippen LogP contribution in [0.15, 0.2) is 152 Å². The molecule has 10 aromatic rings. The van der Waals surface area contributed by atoms with Crippen LogP contribution in [0, 0.1) is 0 Å². The van der Waals surface area contributed by atoms with Gasteiger partial charge in [0, 0.05) is 63.7 Å². The molecule has 0 N–H and O–H groups in total. The van der Waals surface area contributed by atoms with E-state index in [1.165, 1.54) is 10.8 Å². The van der Waals surface area contributed by atoms with Crippen LogP contribution in [-0.2, 0) is 0 Å². The fourth-order valence-corrected chi connectivity index (χ4v) is 6.85. The summed E-state index contributed by atoms with van der Waals surface area (Å²) in [6.07, 6.45) is 6.76. The van der Waals surface area contributed by atoms with E-state index in [4.69, 9.17) is 19.9 Å². The van der Waals surface area contributed by atoms with E-state index in [1.54, 1.807) is 24.8 Å². The minimum atomic E-state index is 0.565. The van der Waals surface area contributed by atoms with Crippen LogP contribution in [0.4, 0.5) is 0 Å². The quantitative estimate of drug-likeness (QED) is 0.190. The van der Waals surface area contributed by atoms with E-state index >= 15 is 0 Å². The van der Waals surface area contributed by atoms with E-state index in [2.05, 4.69) is 115 Å². The Morgan fingerprint density at radius 3 is 1.29 bits per heavy atom. The van der Waals surface area contributed by atoms with Crippen LogP contribution >= 0.6 is 0 Å². The van der Waals surface area contributed by atoms with E-state index in [9.17, 15) is 0 Å². The van der Waals surface area contributed by atoms with Crippen LogP contribution in [0.5, 0.6) is 0 Å². The molecule has 0 saturated carbocycles. The van der Waals surface area contributed by atoms with Gasteiger partial charge in [0.15, 0.2) is 22.6 Å². The Morgan fingerprint density at radius 1 is 0.367 bits per heavy atom. The highest BCUT2D eigenvalue weighted by Crippen LogP contribution is 2.38. The molecule has 0 atom stereocenters. The Balaban J connectivity index is 1.33. The predicted octanol–water partition coefficient (Wildman–Crippen LogP) is 8.38. The standard InChI is InChI=1S/C40H25N9/c1-3-11-28(12-4-1)48-37(45-35-39(48)43-21-19-41-35)26-23-27(38-46-36-40(44-22-20-42-36)49(38)29-13-5-2-6-14-29)25-30(24-26)47-33-17-9-7-15-31(33)32-16-8-10-18-34(32)47/h1-25H. The van der Waals surface area contributed by atoms with E-state index in [0.717, 1.165) is 50.9 Å². The molecule has 9 nitrogen and oxygen atoms in total. The van der Waals surface area contributed by atoms with Crippen molar-refractivity contribution in [3.63, 3.8) is 0 Å². The van der Waals surface area contributed by atoms with E-state index < -0.39 is 0 Å². The number of nitrogens with zero attached hydrogens (tertiary/aromatic N) is 9. The SMILES string of the molecule is c1ccc(-n2c(-c3cc(-c4nc5nccnc5n4-c4ccccc4)cc(-n4c5ccccc5c5ccccc54)c3)nc3nccnc32)cc1. The van der Waals surface area contributed by atoms with E-state index in [1.807, 2.05) is 36.4 Å². The first-order chi connectivity index (χ1) is 24.3. The summed E-state index contributed by atoms with van der Waals surface area (Å²) in [5, 5.41) is 2.36. The second kappa shape index (κ2) is 10.8. The summed E-state index contributed by atoms with van der Waals surface area (Å²) < 4.78 is 6.45. The molecule has 9 heteroatoms. The van der Waals surface area contributed by atoms with Crippen molar-refractivity contribution in [1.29, 1.82) is 0 Å². The predicted molar refractivity (Wildman–Crippen MR) is 192 cm³/mol. The van der Waals surface area contributed by atoms with Crippen molar-refractivity contribution in [3.05, 3.63) is 152 Å². The molecule has 10 rings (SSSR count). The van der Waals surface area contributed by atoms with Gasteiger partial charge < -0.3 is 4.57 Å². The van der Waals surface area contributed by atoms with Gasteiger partial charge in [-0.25, -0.2) is 29.9 Å². The molecule has 5 aromatic carbocycles. The Bertz CT molecular complexity index is 2640. The molecule has 0 spiro atoms. The average Bonchev–Trinajstić information content (AvgIpc) is 3.86. The minimum Gasteiger partial charge on any atom is -0.309 e. The number of aromatic nitrogens is 9. The zero-order valence-electron chi connectivity index (χ0n) is 26.0. The van der Waals surface area contributed by atoms with Crippen molar-refractivity contribution in [2.24, 2.45) is 0 Å². The van der Waals surface area contributed by atoms with Crippen LogP contribution in [0.3, 0.4) is 0 Å². The zero-order valence-corrected chi connectivity index (χ0v) is 26.0. The molecule has 0 aliphatic heterocycles. The molecular weight excluding hydrogens is 607 g/mol. The Labute approximate surface area is 279 Å². The zero-order chi connectivity index (χ0) is 32.3. The maximum atomic E-state index is 5.09. The molecule has 5 aromatic heterocycles. The first-order valence-corrected chi connectivity index (χ1v) is 16.0. The van der Waals surface area contributed by atoms with Crippen LogP contribution in [0.2, 0.25) is 0 Å². The second-order valence-electron chi connectivity index (χ2n) is 11.8. The lowest BCUT2D eigenvalue weighted by atomic mass is 10.1. The summed E-state index contributed by atoms with van der Waals surface area (Å²) >= 11 is 0. The van der Waals surface area contributed by atoms with Gasteiger partial charge in [-0.3, -0.25) is 9.13 Å². The molecule has 0 aliphatic carbocycles. The third-order valence-corrected chi connectivity index (χ3v) is 8.89. The van der Waals surface area contributed by atoms with Crippen molar-refractivity contribution >= 4 is 44.4 Å². The first kappa shape index (κ1) is 27.1. The number of fused-ring (bicyclic) bond motifs is 5. The number of rotatable bonds is 5. The minimum absolute atomic E-state index is 0.565. The molecule has 230 valence electrons. The summed E-state index contributed by atoms with van der Waals surface area (Å²) in [4.78, 5) is 28.8. The first-order valence-electron chi connectivity index (χ1n) is 16.0. The monoisotopic (exact) mass is 631 g/mol. The van der Waals surface area contributed by atoms with Crippen molar-refractivity contribution in [3.8, 4) is 39.8 Å². The lowest BCUT2D eigenvalue weighted by molar-refractivity contribution is 1.06. The van der Waals surface area contributed by atoms with Gasteiger partial charge in [0.2, 0.25) is 0 Å². The lowest BCUT2D eigenvalue weighted by Crippen LogP contribution is -2.03. The van der Waals surface area contributed by atoms with Gasteiger partial charge in [-0.05, 0) is 54.6 Å². The highest BCUT2D eigenvalue weighted by Gasteiger charge is 2.22. The van der Waals surface area contributed by atoms with Gasteiger partial charge in [0.05, 0.1) is 11.0 Å². The van der Waals surface area contributed by atoms with Crippen LogP contribution in [0.1, 0.15) is 0 Å². The molecule has 49 heavy (non-hydrogen) atoms. The number of hydrogen-bond acceptors (Lipinski definition) is 6. The summed E-state index contributed by atoms with van der Waals surface area (Å²) in [6, 6.07) is 43.9. The topological polar surface area (TPSA) is 92.1 Å². The summed E-state index contributed by atoms with van der Waals surface area (Å²) in [5.74, 6) is 1.43. The smallest absolute Gasteiger partial charge is 0.198 e. The van der Waals surface area contributed by atoms with Gasteiger partial charge in [-0.15, -0.1) is 0 Å². The number of hydrogen-bond donors (Lipinski definition) is 0. The maximum absolute atomic E-state index is 5.09. The second-order valence-corrected chi connectivity index (χ2v) is 11.8. The molecule has 5 heterocycles. The third kappa shape index (κ3) is 4.26. The summed E-state index contributed by atoms with van der Waals surface area (Å²) in [6.45, 7) is 0. The molecule has 0 bridgehead atoms. The van der Waals surface area contributed by atoms with Crippen molar-refractivity contribution in [2.75, 3.05) is 0 Å². The molecule has 0 aliphatic rings. The van der Waals surface area contributed by atoms with Gasteiger partial charge >= 0.3 is 0 Å². The molecular formula is C40H25N9. The van der Waals surface area contributed by atoms with E-state index in [-0.39, 0.29) is 0 Å². The molecule has 0 fully saturated rings. The summed E-state index contributed by atoms with van der Waals surface area (Å²) in [5.41, 5.74) is 9.29. The molecule has 0 amide bonds. The van der Waals surface area contributed by atoms with Crippen LogP contribution < -0.4 is 0 Å². The summed E-state index contributed by atoms with van der Waals surface area (Å²) in [7, 11) is 0. The lowest BCUT2D eigenvalue weighted by Gasteiger charge is -2.15. The Hall–Kier alpha value is -7.00. The van der Waals surface area contributed by atoms with Gasteiger partial charge in [0.1, 0.15) is 11.6 Å². The molecule has 0 radical (unpaired) electrons. The van der Waals surface area contributed by atoms with Crippen molar-refractivity contribution in [1.82, 2.24) is 43.6 Å². The van der Waals surface area contributed by atoms with Crippen molar-refractivity contribution < 1.29 is 0 Å². The van der Waals surface area contributed by atoms with Crippen LogP contribution in [-0.4, -0.2) is 43.6 Å². The largest absolute Gasteiger partial charge is 0.309 e. The average molecular weight is 632 g/mol. The van der Waals surface area contributed by atoms with Crippen LogP contribution in [0.25, 0.3) is 84.2 Å². The highest BCUT2D eigenvalue weighted by atomic mass is 15.2. The van der Waals surface area contributed by atoms with Crippen molar-refractivity contribution in [2.45, 2.75) is 0 Å². The Kier molecular flexibility index (Phi) is 5.97.